The van der Waals surface area contributed by atoms with Gasteiger partial charge in [-0.05, 0) is 5.56 Å². The first-order valence-corrected chi connectivity index (χ1v) is 6.16. The van der Waals surface area contributed by atoms with E-state index in [1.54, 1.807) is 12.1 Å². The van der Waals surface area contributed by atoms with Crippen molar-refractivity contribution in [2.24, 2.45) is 5.84 Å². The van der Waals surface area contributed by atoms with Crippen molar-refractivity contribution in [2.45, 2.75) is 6.42 Å². The maximum Gasteiger partial charge on any atom is 0.356 e. The van der Waals surface area contributed by atoms with Crippen molar-refractivity contribution in [2.75, 3.05) is 10.9 Å². The lowest BCUT2D eigenvalue weighted by Crippen LogP contribution is -2.31. The molecule has 0 saturated heterocycles. The topological polar surface area (TPSA) is 148 Å². The Balaban J connectivity index is 2.05. The van der Waals surface area contributed by atoms with Gasteiger partial charge in [0.25, 0.3) is 0 Å². The van der Waals surface area contributed by atoms with Crippen LogP contribution < -0.4 is 22.1 Å². The highest BCUT2D eigenvalue weighted by Gasteiger charge is 2.22. The number of benzene rings is 1. The third-order valence-corrected chi connectivity index (χ3v) is 2.67. The van der Waals surface area contributed by atoms with Crippen molar-refractivity contribution in [1.29, 1.82) is 0 Å². The van der Waals surface area contributed by atoms with Crippen LogP contribution in [0.25, 0.3) is 0 Å². The summed E-state index contributed by atoms with van der Waals surface area (Å²) in [6.45, 7) is 0. The maximum atomic E-state index is 11.8. The Morgan fingerprint density at radius 1 is 1.23 bits per heavy atom. The molecule has 1 amide bonds. The monoisotopic (exact) mass is 303 g/mol. The summed E-state index contributed by atoms with van der Waals surface area (Å²) in [5, 5.41) is 11.0. The maximum absolute atomic E-state index is 11.8. The van der Waals surface area contributed by atoms with Crippen LogP contribution in [0.3, 0.4) is 0 Å². The van der Waals surface area contributed by atoms with E-state index in [-0.39, 0.29) is 24.0 Å². The van der Waals surface area contributed by atoms with E-state index < -0.39 is 10.6 Å². The summed E-state index contributed by atoms with van der Waals surface area (Å²) >= 11 is 0. The zero-order valence-corrected chi connectivity index (χ0v) is 11.3. The second kappa shape index (κ2) is 6.95. The number of hydrogen-bond acceptors (Lipinski definition) is 8. The van der Waals surface area contributed by atoms with Crippen molar-refractivity contribution in [1.82, 2.24) is 15.4 Å². The molecule has 10 heteroatoms. The van der Waals surface area contributed by atoms with E-state index in [1.807, 2.05) is 18.2 Å². The van der Waals surface area contributed by atoms with E-state index >= 15 is 0 Å². The molecule has 22 heavy (non-hydrogen) atoms. The molecule has 0 aliphatic rings. The fourth-order valence-corrected chi connectivity index (χ4v) is 1.70. The molecule has 1 aromatic carbocycles. The second-order valence-corrected chi connectivity index (χ2v) is 4.16. The highest BCUT2D eigenvalue weighted by atomic mass is 16.6. The van der Waals surface area contributed by atoms with Crippen LogP contribution in [-0.4, -0.2) is 20.8 Å². The van der Waals surface area contributed by atoms with Crippen molar-refractivity contribution in [3.05, 3.63) is 52.3 Å². The quantitative estimate of drug-likeness (QED) is 0.339. The van der Waals surface area contributed by atoms with Gasteiger partial charge in [0.2, 0.25) is 17.5 Å². The standard InChI is InChI=1S/C12H13N7O3/c13-16-11-10(19(21)22)12(15-7-14-11)18-17-9(20)6-8-4-2-1-3-5-8/h1-5,7H,6,13H2,(H,17,20)(H2,14,15,16,18). The highest BCUT2D eigenvalue weighted by Crippen LogP contribution is 2.27. The van der Waals surface area contributed by atoms with Gasteiger partial charge in [0.15, 0.2) is 0 Å². The lowest BCUT2D eigenvalue weighted by molar-refractivity contribution is -0.383. The molecule has 1 aromatic heterocycles. The third kappa shape index (κ3) is 3.64. The van der Waals surface area contributed by atoms with Crippen LogP contribution >= 0.6 is 0 Å². The van der Waals surface area contributed by atoms with Crippen molar-refractivity contribution >= 4 is 23.2 Å². The Morgan fingerprint density at radius 2 is 1.91 bits per heavy atom. The third-order valence-electron chi connectivity index (χ3n) is 2.67. The average molecular weight is 303 g/mol. The molecule has 0 bridgehead atoms. The fraction of sp³-hybridized carbons (Fsp3) is 0.0833. The van der Waals surface area contributed by atoms with Gasteiger partial charge >= 0.3 is 5.69 Å². The van der Waals surface area contributed by atoms with E-state index in [2.05, 4.69) is 26.2 Å². The normalized spacial score (nSPS) is 9.86. The van der Waals surface area contributed by atoms with E-state index in [1.165, 1.54) is 0 Å². The average Bonchev–Trinajstić information content (AvgIpc) is 2.53. The fourth-order valence-electron chi connectivity index (χ4n) is 1.70. The molecular weight excluding hydrogens is 290 g/mol. The summed E-state index contributed by atoms with van der Waals surface area (Å²) in [5.74, 6) is 4.44. The molecule has 0 spiro atoms. The summed E-state index contributed by atoms with van der Waals surface area (Å²) in [6.07, 6.45) is 1.20. The summed E-state index contributed by atoms with van der Waals surface area (Å²) in [6, 6.07) is 9.05. The number of carbonyl (C=O) groups excluding carboxylic acids is 1. The number of hydrazine groups is 2. The Bertz CT molecular complexity index is 678. The van der Waals surface area contributed by atoms with E-state index in [0.29, 0.717) is 0 Å². The second-order valence-electron chi connectivity index (χ2n) is 4.16. The smallest absolute Gasteiger partial charge is 0.303 e. The first kappa shape index (κ1) is 15.1. The summed E-state index contributed by atoms with van der Waals surface area (Å²) < 4.78 is 0. The number of nitrogen functional groups attached to an aromatic ring is 1. The first-order chi connectivity index (χ1) is 10.6. The number of nitrogens with zero attached hydrogens (tertiary/aromatic N) is 3. The Morgan fingerprint density at radius 3 is 2.55 bits per heavy atom. The van der Waals surface area contributed by atoms with Gasteiger partial charge in [-0.2, -0.15) is 0 Å². The van der Waals surface area contributed by atoms with Gasteiger partial charge in [-0.15, -0.1) is 0 Å². The number of nitro groups is 1. The number of aromatic nitrogens is 2. The van der Waals surface area contributed by atoms with E-state index in [9.17, 15) is 14.9 Å². The molecule has 0 unspecified atom stereocenters. The molecule has 10 nitrogen and oxygen atoms in total. The number of rotatable bonds is 6. The van der Waals surface area contributed by atoms with Gasteiger partial charge in [0.1, 0.15) is 6.33 Å². The van der Waals surface area contributed by atoms with Crippen LogP contribution in [-0.2, 0) is 11.2 Å². The summed E-state index contributed by atoms with van der Waals surface area (Å²) in [4.78, 5) is 29.4. The molecule has 5 N–H and O–H groups in total. The first-order valence-electron chi connectivity index (χ1n) is 6.16. The summed E-state index contributed by atoms with van der Waals surface area (Å²) in [5.41, 5.74) is 7.18. The van der Waals surface area contributed by atoms with Crippen molar-refractivity contribution in [3.63, 3.8) is 0 Å². The number of hydrogen-bond donors (Lipinski definition) is 4. The lowest BCUT2D eigenvalue weighted by Gasteiger charge is -2.09. The minimum Gasteiger partial charge on any atom is -0.303 e. The van der Waals surface area contributed by atoms with Gasteiger partial charge in [-0.1, -0.05) is 30.3 Å². The molecule has 2 aromatic rings. The Kier molecular flexibility index (Phi) is 4.78. The largest absolute Gasteiger partial charge is 0.356 e. The van der Waals surface area contributed by atoms with Crippen LogP contribution in [0.15, 0.2) is 36.7 Å². The molecule has 0 aliphatic carbocycles. The highest BCUT2D eigenvalue weighted by molar-refractivity contribution is 5.80. The van der Waals surface area contributed by atoms with Crippen LogP contribution in [0.4, 0.5) is 17.3 Å². The van der Waals surface area contributed by atoms with Gasteiger partial charge in [0.05, 0.1) is 11.3 Å². The molecule has 0 atom stereocenters. The van der Waals surface area contributed by atoms with Crippen LogP contribution in [0, 0.1) is 10.1 Å². The van der Waals surface area contributed by atoms with Crippen LogP contribution in [0.5, 0.6) is 0 Å². The van der Waals surface area contributed by atoms with Crippen LogP contribution in [0.2, 0.25) is 0 Å². The molecule has 0 fully saturated rings. The van der Waals surface area contributed by atoms with Gasteiger partial charge in [-0.25, -0.2) is 15.8 Å². The predicted octanol–water partition coefficient (Wildman–Crippen LogP) is 0.356. The Hall–Kier alpha value is -3.27. The molecular formula is C12H13N7O3. The molecule has 0 aliphatic heterocycles. The van der Waals surface area contributed by atoms with E-state index in [0.717, 1.165) is 11.9 Å². The number of amides is 1. The molecule has 2 rings (SSSR count). The minimum absolute atomic E-state index is 0.120. The zero-order chi connectivity index (χ0) is 15.9. The molecule has 0 radical (unpaired) electrons. The number of nitrogens with two attached hydrogens (primary N) is 1. The number of carbonyl (C=O) groups is 1. The molecule has 114 valence electrons. The molecule has 0 saturated carbocycles. The number of nitrogens with one attached hydrogen (secondary N) is 3. The summed E-state index contributed by atoms with van der Waals surface area (Å²) in [7, 11) is 0. The predicted molar refractivity (Wildman–Crippen MR) is 78.4 cm³/mol. The van der Waals surface area contributed by atoms with Crippen LogP contribution in [0.1, 0.15) is 5.56 Å². The lowest BCUT2D eigenvalue weighted by atomic mass is 10.1. The number of anilines is 2. The van der Waals surface area contributed by atoms with E-state index in [4.69, 9.17) is 5.84 Å². The minimum atomic E-state index is -0.707. The van der Waals surface area contributed by atoms with Gasteiger partial charge in [0, 0.05) is 0 Å². The van der Waals surface area contributed by atoms with Crippen molar-refractivity contribution in [3.8, 4) is 0 Å². The van der Waals surface area contributed by atoms with Gasteiger partial charge < -0.3 is 5.43 Å². The zero-order valence-electron chi connectivity index (χ0n) is 11.3. The molecule has 1 heterocycles. The van der Waals surface area contributed by atoms with Gasteiger partial charge in [-0.3, -0.25) is 25.8 Å². The Labute approximate surface area is 124 Å². The SMILES string of the molecule is NNc1ncnc(NNC(=O)Cc2ccccc2)c1[N+](=O)[O-]. The van der Waals surface area contributed by atoms with Crippen molar-refractivity contribution < 1.29 is 9.72 Å².